The molecule has 0 radical (unpaired) electrons. The molecule has 0 saturated heterocycles. The van der Waals surface area contributed by atoms with Crippen LogP contribution >= 0.6 is 0 Å². The Morgan fingerprint density at radius 3 is 2.14 bits per heavy atom. The smallest absolute Gasteiger partial charge is 0.257 e. The van der Waals surface area contributed by atoms with Gasteiger partial charge in [0.15, 0.2) is 0 Å². The van der Waals surface area contributed by atoms with Crippen molar-refractivity contribution in [1.29, 1.82) is 0 Å². The minimum Gasteiger partial charge on any atom is -0.351 e. The monoisotopic (exact) mass is 313 g/mol. The highest BCUT2D eigenvalue weighted by molar-refractivity contribution is 5.98. The zero-order valence-electron chi connectivity index (χ0n) is 12.8. The first-order valence-corrected chi connectivity index (χ1v) is 7.03. The Labute approximate surface area is 128 Å². The number of carbonyl (C=O) groups excluding carboxylic acids is 2. The van der Waals surface area contributed by atoms with Crippen molar-refractivity contribution >= 4 is 11.8 Å². The third-order valence-electron chi connectivity index (χ3n) is 3.17. The number of hydrogen-bond acceptors (Lipinski definition) is 3. The van der Waals surface area contributed by atoms with Gasteiger partial charge in [-0.05, 0) is 25.0 Å². The third kappa shape index (κ3) is 4.49. The number of amides is 2. The molecule has 4 N–H and O–H groups in total. The predicted molar refractivity (Wildman–Crippen MR) is 79.1 cm³/mol. The predicted octanol–water partition coefficient (Wildman–Crippen LogP) is 1.18. The number of nitrogens with one attached hydrogen (secondary N) is 2. The topological polar surface area (TPSA) is 84.2 Å². The van der Waals surface area contributed by atoms with Crippen molar-refractivity contribution in [3.63, 3.8) is 0 Å². The third-order valence-corrected chi connectivity index (χ3v) is 3.17. The lowest BCUT2D eigenvalue weighted by atomic mass is 10.0. The van der Waals surface area contributed by atoms with E-state index in [-0.39, 0.29) is 18.5 Å². The first-order chi connectivity index (χ1) is 10.3. The van der Waals surface area contributed by atoms with E-state index in [1.54, 1.807) is 20.8 Å². The van der Waals surface area contributed by atoms with Gasteiger partial charge >= 0.3 is 0 Å². The molecule has 5 nitrogen and oxygen atoms in total. The first-order valence-electron chi connectivity index (χ1n) is 7.03. The lowest BCUT2D eigenvalue weighted by molar-refractivity contribution is -0.124. The van der Waals surface area contributed by atoms with Crippen LogP contribution in [0.25, 0.3) is 0 Å². The van der Waals surface area contributed by atoms with Crippen LogP contribution in [0.1, 0.15) is 31.1 Å². The first kappa shape index (κ1) is 18.0. The fourth-order valence-electron chi connectivity index (χ4n) is 1.85. The minimum absolute atomic E-state index is 0.243. The molecule has 1 unspecified atom stereocenters. The summed E-state index contributed by atoms with van der Waals surface area (Å²) in [4.78, 5) is 24.2. The molecule has 22 heavy (non-hydrogen) atoms. The van der Waals surface area contributed by atoms with E-state index in [1.165, 1.54) is 0 Å². The molecular weight excluding hydrogens is 292 g/mol. The van der Waals surface area contributed by atoms with Crippen LogP contribution in [0.3, 0.4) is 0 Å². The molecule has 0 aliphatic rings. The van der Waals surface area contributed by atoms with Gasteiger partial charge in [0.2, 0.25) is 5.91 Å². The fraction of sp³-hybridized carbons (Fsp3) is 0.467. The van der Waals surface area contributed by atoms with Gasteiger partial charge in [0.05, 0.1) is 0 Å². The highest BCUT2D eigenvalue weighted by Crippen LogP contribution is 2.13. The average Bonchev–Trinajstić information content (AvgIpc) is 2.43. The van der Waals surface area contributed by atoms with Gasteiger partial charge in [-0.15, -0.1) is 0 Å². The zero-order valence-corrected chi connectivity index (χ0v) is 12.8. The second-order valence-corrected chi connectivity index (χ2v) is 5.44. The largest absolute Gasteiger partial charge is 0.351 e. The van der Waals surface area contributed by atoms with Crippen LogP contribution in [0.15, 0.2) is 18.2 Å². The lowest BCUT2D eigenvalue weighted by Crippen LogP contribution is -2.53. The number of benzene rings is 1. The van der Waals surface area contributed by atoms with E-state index in [2.05, 4.69) is 10.6 Å². The summed E-state index contributed by atoms with van der Waals surface area (Å²) in [6, 6.07) is 1.95. The van der Waals surface area contributed by atoms with Crippen molar-refractivity contribution in [3.8, 4) is 0 Å². The molecule has 0 aliphatic heterocycles. The second-order valence-electron chi connectivity index (χ2n) is 5.44. The number of nitrogens with two attached hydrogens (primary N) is 1. The van der Waals surface area contributed by atoms with Crippen molar-refractivity contribution in [1.82, 2.24) is 10.6 Å². The van der Waals surface area contributed by atoms with E-state index in [9.17, 15) is 18.4 Å². The molecule has 1 aromatic carbocycles. The summed E-state index contributed by atoms with van der Waals surface area (Å²) in [6.07, 6.45) is 0. The Morgan fingerprint density at radius 1 is 1.14 bits per heavy atom. The summed E-state index contributed by atoms with van der Waals surface area (Å²) in [5.41, 5.74) is 4.73. The summed E-state index contributed by atoms with van der Waals surface area (Å²) in [6.45, 7) is 5.39. The maximum Gasteiger partial charge on any atom is 0.257 e. The van der Waals surface area contributed by atoms with Crippen molar-refractivity contribution in [2.45, 2.75) is 32.9 Å². The number of rotatable bonds is 6. The molecule has 7 heteroatoms. The Bertz CT molecular complexity index is 529. The van der Waals surface area contributed by atoms with E-state index < -0.39 is 35.1 Å². The number of hydrogen-bond donors (Lipinski definition) is 3. The summed E-state index contributed by atoms with van der Waals surface area (Å²) in [7, 11) is 0. The van der Waals surface area contributed by atoms with Gasteiger partial charge in [-0.2, -0.15) is 0 Å². The Balaban J connectivity index is 2.92. The molecule has 0 saturated carbocycles. The normalized spacial score (nSPS) is 13.6. The number of halogens is 2. The number of carbonyl (C=O) groups is 2. The molecule has 2 amide bonds. The van der Waals surface area contributed by atoms with Crippen LogP contribution in [0.4, 0.5) is 8.78 Å². The van der Waals surface area contributed by atoms with Gasteiger partial charge in [0.1, 0.15) is 23.2 Å². The van der Waals surface area contributed by atoms with Gasteiger partial charge in [-0.3, -0.25) is 9.59 Å². The van der Waals surface area contributed by atoms with Crippen LogP contribution in [0, 0.1) is 17.6 Å². The van der Waals surface area contributed by atoms with Gasteiger partial charge in [0, 0.05) is 12.6 Å². The molecule has 0 bridgehead atoms. The average molecular weight is 313 g/mol. The molecule has 1 rings (SSSR count). The van der Waals surface area contributed by atoms with Gasteiger partial charge < -0.3 is 16.4 Å². The molecule has 0 aromatic heterocycles. The highest BCUT2D eigenvalue weighted by atomic mass is 19.1. The molecule has 0 aliphatic carbocycles. The minimum atomic E-state index is -0.976. The van der Waals surface area contributed by atoms with Gasteiger partial charge in [0.25, 0.3) is 5.91 Å². The summed E-state index contributed by atoms with van der Waals surface area (Å²) in [5, 5.41) is 5.00. The molecule has 2 atom stereocenters. The van der Waals surface area contributed by atoms with Gasteiger partial charge in [-0.1, -0.05) is 19.9 Å². The van der Waals surface area contributed by atoms with Crippen LogP contribution in [-0.4, -0.2) is 30.4 Å². The van der Waals surface area contributed by atoms with Gasteiger partial charge in [-0.25, -0.2) is 8.78 Å². The standard InChI is InChI=1S/C15H21F2N3O2/c1-8(2)13(15(22)19-9(3)7-18)20-14(21)12-10(16)5-4-6-11(12)17/h4-6,8-9,13H,7,18H2,1-3H3,(H,19,22)(H,20,21)/t9-,13?/m0/s1. The molecular formula is C15H21F2N3O2. The maximum absolute atomic E-state index is 13.6. The zero-order chi connectivity index (χ0) is 16.9. The molecule has 0 fully saturated rings. The van der Waals surface area contributed by atoms with Crippen LogP contribution in [0.2, 0.25) is 0 Å². The van der Waals surface area contributed by atoms with E-state index in [0.29, 0.717) is 0 Å². The van der Waals surface area contributed by atoms with E-state index in [0.717, 1.165) is 18.2 Å². The van der Waals surface area contributed by atoms with E-state index in [1.807, 2.05) is 0 Å². The van der Waals surface area contributed by atoms with Crippen molar-refractivity contribution in [2.75, 3.05) is 6.54 Å². The highest BCUT2D eigenvalue weighted by Gasteiger charge is 2.27. The molecule has 1 aromatic rings. The second kappa shape index (κ2) is 7.84. The molecule has 0 heterocycles. The lowest BCUT2D eigenvalue weighted by Gasteiger charge is -2.23. The van der Waals surface area contributed by atoms with Crippen molar-refractivity contribution in [2.24, 2.45) is 11.7 Å². The van der Waals surface area contributed by atoms with E-state index >= 15 is 0 Å². The van der Waals surface area contributed by atoms with Crippen molar-refractivity contribution in [3.05, 3.63) is 35.4 Å². The molecule has 0 spiro atoms. The SMILES string of the molecule is CC(C)C(NC(=O)c1c(F)cccc1F)C(=O)N[C@@H](C)CN. The Hall–Kier alpha value is -2.02. The van der Waals surface area contributed by atoms with E-state index in [4.69, 9.17) is 5.73 Å². The Morgan fingerprint density at radius 2 is 1.68 bits per heavy atom. The quantitative estimate of drug-likeness (QED) is 0.737. The molecule has 122 valence electrons. The fourth-order valence-corrected chi connectivity index (χ4v) is 1.85. The summed E-state index contributed by atoms with van der Waals surface area (Å²) < 4.78 is 27.2. The maximum atomic E-state index is 13.6. The van der Waals surface area contributed by atoms with Crippen molar-refractivity contribution < 1.29 is 18.4 Å². The van der Waals surface area contributed by atoms with Crippen LogP contribution in [-0.2, 0) is 4.79 Å². The summed E-state index contributed by atoms with van der Waals surface area (Å²) >= 11 is 0. The Kier molecular flexibility index (Phi) is 6.42. The summed E-state index contributed by atoms with van der Waals surface area (Å²) in [5.74, 6) is -3.63. The van der Waals surface area contributed by atoms with Crippen LogP contribution < -0.4 is 16.4 Å². The van der Waals surface area contributed by atoms with Crippen LogP contribution in [0.5, 0.6) is 0 Å².